The minimum absolute atomic E-state index is 0.147. The lowest BCUT2D eigenvalue weighted by Crippen LogP contribution is -2.20. The molecule has 61 heavy (non-hydrogen) atoms. The van der Waals surface area contributed by atoms with Gasteiger partial charge in [0.25, 0.3) is 0 Å². The third-order valence-electron chi connectivity index (χ3n) is 12.2. The van der Waals surface area contributed by atoms with Crippen molar-refractivity contribution in [2.24, 2.45) is 0 Å². The molecule has 2 nitrogen and oxygen atoms in total. The number of aryl methyl sites for hydroxylation is 9. The predicted octanol–water partition coefficient (Wildman–Crippen LogP) is 16.4. The molecule has 3 aromatic rings. The quantitative estimate of drug-likeness (QED) is 0.0587. The van der Waals surface area contributed by atoms with Crippen LogP contribution in [-0.2, 0) is 73.5 Å². The van der Waals surface area contributed by atoms with Crippen LogP contribution in [0.4, 0.5) is 0 Å². The maximum Gasteiger partial charge on any atom is 0.172 e. The smallest absolute Gasteiger partial charge is 0.172 e. The Morgan fingerprint density at radius 1 is 0.344 bits per heavy atom. The molecular weight excluding hydrogens is 761 g/mol. The first-order chi connectivity index (χ1) is 29.7. The molecule has 0 aliphatic heterocycles. The van der Waals surface area contributed by atoms with Gasteiger partial charge in [0, 0.05) is 39.4 Å². The SMILES string of the molecule is CCCC(=O)[O-].CCCCc1cc(CCCC)c([S+](c2c(CCCC)cc(CCCC)cc2CCCC)c2c(CCCC)cc(CCCC)cc2CCCC)c(CCCC)c1. The summed E-state index contributed by atoms with van der Waals surface area (Å²) in [7, 11) is -0.147. The number of aliphatic carboxylic acids is 1. The van der Waals surface area contributed by atoms with E-state index in [-0.39, 0.29) is 17.3 Å². The average Bonchev–Trinajstić information content (AvgIpc) is 3.26. The van der Waals surface area contributed by atoms with Gasteiger partial charge in [-0.15, -0.1) is 0 Å². The first-order valence-electron chi connectivity index (χ1n) is 26.1. The minimum Gasteiger partial charge on any atom is -0.550 e. The molecule has 0 saturated heterocycles. The second kappa shape index (κ2) is 33.1. The third kappa shape index (κ3) is 19.0. The van der Waals surface area contributed by atoms with Crippen molar-refractivity contribution in [1.82, 2.24) is 0 Å². The molecule has 0 radical (unpaired) electrons. The van der Waals surface area contributed by atoms with E-state index >= 15 is 0 Å². The van der Waals surface area contributed by atoms with Gasteiger partial charge >= 0.3 is 0 Å². The van der Waals surface area contributed by atoms with Gasteiger partial charge in [-0.25, -0.2) is 0 Å². The maximum absolute atomic E-state index is 9.49. The molecule has 0 amide bonds. The van der Waals surface area contributed by atoms with Gasteiger partial charge in [-0.1, -0.05) is 170 Å². The fourth-order valence-corrected chi connectivity index (χ4v) is 11.8. The monoisotopic (exact) mass is 855 g/mol. The summed E-state index contributed by atoms with van der Waals surface area (Å²) in [6.07, 6.45) is 34.6. The summed E-state index contributed by atoms with van der Waals surface area (Å²) < 4.78 is 0. The van der Waals surface area contributed by atoms with Crippen LogP contribution in [0.5, 0.6) is 0 Å². The zero-order valence-corrected chi connectivity index (χ0v) is 42.5. The Morgan fingerprint density at radius 3 is 0.689 bits per heavy atom. The van der Waals surface area contributed by atoms with Gasteiger partial charge in [0.05, 0.1) is 0 Å². The van der Waals surface area contributed by atoms with Gasteiger partial charge in [0.1, 0.15) is 10.9 Å². The predicted molar refractivity (Wildman–Crippen MR) is 269 cm³/mol. The standard InChI is InChI=1S/C54H87S.C4H8O2/c1-10-19-28-43-37-46(31-22-13-4)52(47(38-43)32-23-14-5)55(53-48(33-24-15-6)39-44(29-20-11-2)40-49(53)34-25-16-7)54-50(35-26-17-8)41-45(30-21-12-3)42-51(54)36-27-18-9;1-2-3-4(5)6/h37-42H,10-36H2,1-9H3;2-3H2,1H3,(H,5,6)/q+1;/p-1. The van der Waals surface area contributed by atoms with Crippen molar-refractivity contribution in [2.45, 2.75) is 270 Å². The zero-order valence-electron chi connectivity index (χ0n) is 41.7. The lowest BCUT2D eigenvalue weighted by Gasteiger charge is -2.25. The Balaban J connectivity index is 0.00000198. The summed E-state index contributed by atoms with van der Waals surface area (Å²) in [4.78, 5) is 14.8. The van der Waals surface area contributed by atoms with E-state index in [9.17, 15) is 9.90 Å². The van der Waals surface area contributed by atoms with E-state index in [1.165, 1.54) is 173 Å². The van der Waals surface area contributed by atoms with Crippen molar-refractivity contribution in [1.29, 1.82) is 0 Å². The molecule has 344 valence electrons. The van der Waals surface area contributed by atoms with Crippen LogP contribution in [-0.4, -0.2) is 5.97 Å². The van der Waals surface area contributed by atoms with Crippen LogP contribution in [0, 0.1) is 0 Å². The van der Waals surface area contributed by atoms with Gasteiger partial charge < -0.3 is 9.90 Å². The largest absolute Gasteiger partial charge is 0.550 e. The van der Waals surface area contributed by atoms with Crippen molar-refractivity contribution in [2.75, 3.05) is 0 Å². The molecule has 0 fully saturated rings. The number of carboxylic acids is 1. The van der Waals surface area contributed by atoms with Gasteiger partial charge in [-0.3, -0.25) is 0 Å². The van der Waals surface area contributed by atoms with Crippen LogP contribution in [0.25, 0.3) is 0 Å². The summed E-state index contributed by atoms with van der Waals surface area (Å²) in [5.41, 5.74) is 15.0. The van der Waals surface area contributed by atoms with Crippen molar-refractivity contribution >= 4 is 16.9 Å². The summed E-state index contributed by atoms with van der Waals surface area (Å²) in [6.45, 7) is 23.3. The molecule has 0 atom stereocenters. The molecule has 0 unspecified atom stereocenters. The molecule has 3 rings (SSSR count). The highest BCUT2D eigenvalue weighted by atomic mass is 32.2. The Bertz CT molecular complexity index is 1370. The zero-order chi connectivity index (χ0) is 44.8. The molecule has 3 aromatic carbocycles. The van der Waals surface area contributed by atoms with E-state index in [0.29, 0.717) is 6.42 Å². The number of unbranched alkanes of at least 4 members (excludes halogenated alkanes) is 9. The van der Waals surface area contributed by atoms with Crippen molar-refractivity contribution in [3.63, 3.8) is 0 Å². The second-order valence-corrected chi connectivity index (χ2v) is 19.9. The molecule has 0 heterocycles. The van der Waals surface area contributed by atoms with Gasteiger partial charge in [0.15, 0.2) is 14.7 Å². The number of hydrogen-bond acceptors (Lipinski definition) is 2. The van der Waals surface area contributed by atoms with Crippen LogP contribution >= 0.6 is 0 Å². The molecule has 3 heteroatoms. The number of hydrogen-bond donors (Lipinski definition) is 0. The van der Waals surface area contributed by atoms with E-state index in [1.54, 1.807) is 71.7 Å². The van der Waals surface area contributed by atoms with Crippen LogP contribution in [0.2, 0.25) is 0 Å². The number of carbonyl (C=O) groups excluding carboxylic acids is 1. The molecule has 0 aliphatic carbocycles. The first kappa shape index (κ1) is 54.6. The molecule has 0 saturated carbocycles. The highest BCUT2D eigenvalue weighted by molar-refractivity contribution is 7.97. The minimum atomic E-state index is -0.961. The number of carboxylic acid groups (broad SMARTS) is 1. The summed E-state index contributed by atoms with van der Waals surface area (Å²) in [5, 5.41) is 9.49. The van der Waals surface area contributed by atoms with E-state index in [1.807, 2.05) is 0 Å². The van der Waals surface area contributed by atoms with Crippen LogP contribution in [0.15, 0.2) is 51.1 Å². The fraction of sp³-hybridized carbons (Fsp3) is 0.672. The van der Waals surface area contributed by atoms with Crippen molar-refractivity contribution in [3.8, 4) is 0 Å². The Kier molecular flexibility index (Phi) is 29.6. The van der Waals surface area contributed by atoms with Gasteiger partial charge in [-0.2, -0.15) is 0 Å². The number of rotatable bonds is 32. The average molecular weight is 855 g/mol. The lowest BCUT2D eigenvalue weighted by atomic mass is 9.95. The summed E-state index contributed by atoms with van der Waals surface area (Å²) in [6, 6.07) is 16.4. The molecule has 0 spiro atoms. The molecule has 0 aromatic heterocycles. The van der Waals surface area contributed by atoms with Gasteiger partial charge in [0.2, 0.25) is 0 Å². The Morgan fingerprint density at radius 2 is 0.541 bits per heavy atom. The number of carbonyl (C=O) groups is 1. The van der Waals surface area contributed by atoms with E-state index in [0.717, 1.165) is 0 Å². The lowest BCUT2D eigenvalue weighted by molar-refractivity contribution is -0.305. The third-order valence-corrected chi connectivity index (χ3v) is 15.0. The first-order valence-corrected chi connectivity index (χ1v) is 27.3. The van der Waals surface area contributed by atoms with E-state index < -0.39 is 5.97 Å². The Labute approximate surface area is 381 Å². The van der Waals surface area contributed by atoms with Crippen LogP contribution < -0.4 is 5.11 Å². The topological polar surface area (TPSA) is 40.1 Å². The van der Waals surface area contributed by atoms with Crippen LogP contribution in [0.3, 0.4) is 0 Å². The van der Waals surface area contributed by atoms with Crippen molar-refractivity contribution in [3.05, 3.63) is 86.5 Å². The summed E-state index contributed by atoms with van der Waals surface area (Å²) in [5.74, 6) is -0.961. The number of benzene rings is 3. The van der Waals surface area contributed by atoms with E-state index in [2.05, 4.69) is 98.7 Å². The van der Waals surface area contributed by atoms with Gasteiger partial charge in [-0.05, 0) is 139 Å². The summed E-state index contributed by atoms with van der Waals surface area (Å²) >= 11 is 0. The molecule has 0 aliphatic rings. The molecular formula is C58H94O2S. The maximum atomic E-state index is 9.49. The van der Waals surface area contributed by atoms with E-state index in [4.69, 9.17) is 0 Å². The van der Waals surface area contributed by atoms with Crippen molar-refractivity contribution < 1.29 is 9.90 Å². The normalized spacial score (nSPS) is 11.3. The fourth-order valence-electron chi connectivity index (χ4n) is 8.67. The van der Waals surface area contributed by atoms with Crippen LogP contribution in [0.1, 0.15) is 248 Å². The Hall–Kier alpha value is -2.52. The highest BCUT2D eigenvalue weighted by Crippen LogP contribution is 2.45. The molecule has 0 N–H and O–H groups in total. The second-order valence-electron chi connectivity index (χ2n) is 18.1. The molecule has 0 bridgehead atoms. The highest BCUT2D eigenvalue weighted by Gasteiger charge is 2.41.